The molecule has 0 amide bonds. The van der Waals surface area contributed by atoms with E-state index in [0.29, 0.717) is 16.3 Å². The van der Waals surface area contributed by atoms with Gasteiger partial charge < -0.3 is 0 Å². The lowest BCUT2D eigenvalue weighted by molar-refractivity contribution is 0.0992. The summed E-state index contributed by atoms with van der Waals surface area (Å²) in [6, 6.07) is 6.81. The van der Waals surface area contributed by atoms with E-state index < -0.39 is 16.0 Å². The van der Waals surface area contributed by atoms with Crippen molar-refractivity contribution in [2.45, 2.75) is 38.4 Å². The molecule has 0 N–H and O–H groups in total. The van der Waals surface area contributed by atoms with Crippen LogP contribution in [0, 0.1) is 0 Å². The molecule has 1 rings (SSSR count). The zero-order valence-electron chi connectivity index (χ0n) is 10.8. The fraction of sp³-hybridized carbons (Fsp3) is 0.500. The number of halogens is 1. The van der Waals surface area contributed by atoms with Crippen LogP contribution in [0.3, 0.4) is 0 Å². The summed E-state index contributed by atoms with van der Waals surface area (Å²) < 4.78 is 12.0. The van der Waals surface area contributed by atoms with Crippen molar-refractivity contribution < 1.29 is 9.00 Å². The summed E-state index contributed by atoms with van der Waals surface area (Å²) in [5.41, 5.74) is 0.541. The van der Waals surface area contributed by atoms with Gasteiger partial charge in [-0.2, -0.15) is 0 Å². The number of unbranched alkanes of at least 4 members (excludes halogenated alkanes) is 2. The second kappa shape index (κ2) is 7.70. The lowest BCUT2D eigenvalue weighted by atomic mass is 10.1. The third kappa shape index (κ3) is 4.54. The molecule has 0 aliphatic heterocycles. The number of rotatable bonds is 7. The number of carbonyl (C=O) groups is 1. The van der Waals surface area contributed by atoms with Gasteiger partial charge in [0.2, 0.25) is 0 Å². The summed E-state index contributed by atoms with van der Waals surface area (Å²) in [7, 11) is -1.10. The Balaban J connectivity index is 2.63. The normalized spacial score (nSPS) is 14.2. The zero-order valence-corrected chi connectivity index (χ0v) is 12.4. The molecule has 1 aromatic rings. The Labute approximate surface area is 116 Å². The van der Waals surface area contributed by atoms with E-state index >= 15 is 0 Å². The molecule has 0 aliphatic rings. The van der Waals surface area contributed by atoms with E-state index in [1.807, 2.05) is 0 Å². The molecule has 18 heavy (non-hydrogen) atoms. The van der Waals surface area contributed by atoms with Gasteiger partial charge in [0.25, 0.3) is 0 Å². The van der Waals surface area contributed by atoms with Crippen LogP contribution in [0.1, 0.15) is 43.5 Å². The van der Waals surface area contributed by atoms with Crippen LogP contribution >= 0.6 is 11.6 Å². The van der Waals surface area contributed by atoms with Crippen molar-refractivity contribution in [2.75, 3.05) is 5.75 Å². The van der Waals surface area contributed by atoms with Gasteiger partial charge >= 0.3 is 0 Å². The molecule has 1 aromatic carbocycles. The van der Waals surface area contributed by atoms with Crippen molar-refractivity contribution in [1.29, 1.82) is 0 Å². The molecule has 2 unspecified atom stereocenters. The Morgan fingerprint density at radius 2 is 2.11 bits per heavy atom. The van der Waals surface area contributed by atoms with Gasteiger partial charge in [-0.1, -0.05) is 43.5 Å². The largest absolute Gasteiger partial charge is 0.293 e. The number of ketones is 1. The van der Waals surface area contributed by atoms with E-state index in [9.17, 15) is 9.00 Å². The molecule has 0 aromatic heterocycles. The number of Topliss-reactive ketones (excluding diaryl/α,β-unsaturated/α-hetero) is 1. The van der Waals surface area contributed by atoms with E-state index in [1.54, 1.807) is 31.2 Å². The number of benzene rings is 1. The van der Waals surface area contributed by atoms with Crippen molar-refractivity contribution in [3.63, 3.8) is 0 Å². The van der Waals surface area contributed by atoms with Gasteiger partial charge in [-0.3, -0.25) is 9.00 Å². The summed E-state index contributed by atoms with van der Waals surface area (Å²) in [5.74, 6) is 0.508. The Morgan fingerprint density at radius 1 is 1.39 bits per heavy atom. The molecule has 0 saturated carbocycles. The maximum Gasteiger partial charge on any atom is 0.178 e. The molecule has 0 heterocycles. The van der Waals surface area contributed by atoms with Crippen LogP contribution < -0.4 is 0 Å². The first-order valence-electron chi connectivity index (χ1n) is 6.23. The van der Waals surface area contributed by atoms with E-state index in [1.165, 1.54) is 0 Å². The van der Waals surface area contributed by atoms with Crippen molar-refractivity contribution in [3.05, 3.63) is 34.9 Å². The molecular formula is C14H19ClO2S. The van der Waals surface area contributed by atoms with Crippen molar-refractivity contribution in [2.24, 2.45) is 0 Å². The van der Waals surface area contributed by atoms with Crippen LogP contribution in [0.25, 0.3) is 0 Å². The van der Waals surface area contributed by atoms with Crippen LogP contribution in [-0.2, 0) is 10.8 Å². The highest BCUT2D eigenvalue weighted by Gasteiger charge is 2.21. The first-order valence-corrected chi connectivity index (χ1v) is 7.99. The Morgan fingerprint density at radius 3 is 2.72 bits per heavy atom. The summed E-state index contributed by atoms with van der Waals surface area (Å²) in [6.07, 6.45) is 3.06. The van der Waals surface area contributed by atoms with Gasteiger partial charge in [-0.05, 0) is 25.5 Å². The van der Waals surface area contributed by atoms with E-state index in [2.05, 4.69) is 6.92 Å². The SMILES string of the molecule is CCCCCS(=O)C(C)C(=O)c1cccc(Cl)c1. The molecule has 0 bridgehead atoms. The minimum absolute atomic E-state index is 0.0904. The Bertz CT molecular complexity index is 432. The third-order valence-corrected chi connectivity index (χ3v) is 4.75. The summed E-state index contributed by atoms with van der Waals surface area (Å²) in [5, 5.41) is 0.0742. The standard InChI is InChI=1S/C14H19ClO2S/c1-3-4-5-9-18(17)11(2)14(16)12-7-6-8-13(15)10-12/h6-8,10-11H,3-5,9H2,1-2H3. The molecule has 0 radical (unpaired) electrons. The monoisotopic (exact) mass is 286 g/mol. The first kappa shape index (κ1) is 15.4. The van der Waals surface area contributed by atoms with E-state index in [-0.39, 0.29) is 5.78 Å². The lowest BCUT2D eigenvalue weighted by Gasteiger charge is -2.10. The number of hydrogen-bond acceptors (Lipinski definition) is 2. The highest BCUT2D eigenvalue weighted by atomic mass is 35.5. The quantitative estimate of drug-likeness (QED) is 0.563. The molecule has 0 fully saturated rings. The number of carbonyl (C=O) groups excluding carboxylic acids is 1. The maximum atomic E-state index is 12.1. The molecule has 0 saturated heterocycles. The molecule has 4 heteroatoms. The van der Waals surface area contributed by atoms with Gasteiger partial charge in [-0.15, -0.1) is 0 Å². The second-order valence-electron chi connectivity index (χ2n) is 4.31. The van der Waals surface area contributed by atoms with Crippen LogP contribution in [0.15, 0.2) is 24.3 Å². The second-order valence-corrected chi connectivity index (χ2v) is 6.62. The van der Waals surface area contributed by atoms with Gasteiger partial charge in [0.1, 0.15) is 0 Å². The van der Waals surface area contributed by atoms with Crippen LogP contribution in [-0.4, -0.2) is 21.0 Å². The lowest BCUT2D eigenvalue weighted by Crippen LogP contribution is -2.24. The summed E-state index contributed by atoms with van der Waals surface area (Å²) >= 11 is 5.85. The fourth-order valence-electron chi connectivity index (χ4n) is 1.67. The van der Waals surface area contributed by atoms with Gasteiger partial charge in [-0.25, -0.2) is 0 Å². The smallest absolute Gasteiger partial charge is 0.178 e. The minimum Gasteiger partial charge on any atom is -0.293 e. The first-order chi connectivity index (χ1) is 8.56. The predicted octanol–water partition coefficient (Wildman–Crippen LogP) is 3.85. The van der Waals surface area contributed by atoms with Crippen molar-refractivity contribution >= 4 is 28.2 Å². The highest BCUT2D eigenvalue weighted by Crippen LogP contribution is 2.15. The van der Waals surface area contributed by atoms with Gasteiger partial charge in [0.15, 0.2) is 5.78 Å². The third-order valence-electron chi connectivity index (χ3n) is 2.82. The molecule has 2 nitrogen and oxygen atoms in total. The summed E-state index contributed by atoms with van der Waals surface area (Å²) in [4.78, 5) is 12.1. The fourth-order valence-corrected chi connectivity index (χ4v) is 3.07. The molecule has 0 spiro atoms. The average molecular weight is 287 g/mol. The Hall–Kier alpha value is -0.670. The zero-order chi connectivity index (χ0) is 13.5. The van der Waals surface area contributed by atoms with Gasteiger partial charge in [0.05, 0.1) is 5.25 Å². The molecule has 2 atom stereocenters. The molecule has 0 aliphatic carbocycles. The minimum atomic E-state index is -1.10. The average Bonchev–Trinajstić information content (AvgIpc) is 2.37. The predicted molar refractivity (Wildman–Crippen MR) is 77.8 cm³/mol. The van der Waals surface area contributed by atoms with Gasteiger partial charge in [0, 0.05) is 27.1 Å². The van der Waals surface area contributed by atoms with E-state index in [0.717, 1.165) is 19.3 Å². The molecular weight excluding hydrogens is 268 g/mol. The van der Waals surface area contributed by atoms with Crippen LogP contribution in [0.4, 0.5) is 0 Å². The van der Waals surface area contributed by atoms with Crippen LogP contribution in [0.5, 0.6) is 0 Å². The number of hydrogen-bond donors (Lipinski definition) is 0. The molecule has 100 valence electrons. The van der Waals surface area contributed by atoms with Crippen molar-refractivity contribution in [1.82, 2.24) is 0 Å². The topological polar surface area (TPSA) is 34.1 Å². The maximum absolute atomic E-state index is 12.1. The Kier molecular flexibility index (Phi) is 6.58. The van der Waals surface area contributed by atoms with Crippen LogP contribution in [0.2, 0.25) is 5.02 Å². The summed E-state index contributed by atoms with van der Waals surface area (Å²) in [6.45, 7) is 3.83. The van der Waals surface area contributed by atoms with Crippen molar-refractivity contribution in [3.8, 4) is 0 Å². The van der Waals surface area contributed by atoms with E-state index in [4.69, 9.17) is 11.6 Å². The highest BCUT2D eigenvalue weighted by molar-refractivity contribution is 7.86.